The number of hydroxylamine groups is 2. The number of rotatable bonds is 9. The molecule has 33 heavy (non-hydrogen) atoms. The number of carbonyl (C=O) groups excluding carboxylic acids is 2. The van der Waals surface area contributed by atoms with E-state index in [-0.39, 0.29) is 29.9 Å². The van der Waals surface area contributed by atoms with Crippen molar-refractivity contribution >= 4 is 35.6 Å². The van der Waals surface area contributed by atoms with E-state index < -0.39 is 17.6 Å². The maximum absolute atomic E-state index is 15.3. The Kier molecular flexibility index (Phi) is 7.82. The fraction of sp³-hybridized carbons (Fsp3) is 0.714. The number of nitrogens with one attached hydrogen (secondary N) is 2. The van der Waals surface area contributed by atoms with Crippen LogP contribution in [-0.2, 0) is 9.59 Å². The molecule has 10 nitrogen and oxygen atoms in total. The van der Waals surface area contributed by atoms with Gasteiger partial charge in [0.05, 0.1) is 12.5 Å². The SMILES string of the molecule is O=CN(O)C[C@@H](CC1CCCC1)C(=O)NNc1nc(Cl)nc(N2CCN3CCC[C@H]3C2)c1F. The highest BCUT2D eigenvalue weighted by Gasteiger charge is 2.33. The molecule has 3 fully saturated rings. The van der Waals surface area contributed by atoms with Crippen molar-refractivity contribution in [3.63, 3.8) is 0 Å². The van der Waals surface area contributed by atoms with E-state index in [0.29, 0.717) is 36.5 Å². The lowest BCUT2D eigenvalue weighted by Crippen LogP contribution is -2.50. The Morgan fingerprint density at radius 3 is 2.79 bits per heavy atom. The molecule has 4 rings (SSSR count). The van der Waals surface area contributed by atoms with Gasteiger partial charge < -0.3 is 4.90 Å². The summed E-state index contributed by atoms with van der Waals surface area (Å²) in [5.74, 6) is -1.54. The first-order valence-electron chi connectivity index (χ1n) is 11.6. The van der Waals surface area contributed by atoms with Crippen LogP contribution in [0.15, 0.2) is 0 Å². The van der Waals surface area contributed by atoms with Crippen LogP contribution in [-0.4, -0.2) is 76.2 Å². The number of hydrogen-bond donors (Lipinski definition) is 3. The van der Waals surface area contributed by atoms with Gasteiger partial charge >= 0.3 is 0 Å². The summed E-state index contributed by atoms with van der Waals surface area (Å²) < 4.78 is 15.3. The third kappa shape index (κ3) is 5.82. The van der Waals surface area contributed by atoms with Gasteiger partial charge in [-0.25, -0.2) is 5.06 Å². The van der Waals surface area contributed by atoms with E-state index in [1.54, 1.807) is 0 Å². The number of piperazine rings is 1. The van der Waals surface area contributed by atoms with Crippen LogP contribution in [0.2, 0.25) is 5.28 Å². The molecule has 2 aliphatic heterocycles. The molecular formula is C21H31ClFN7O3. The topological polar surface area (TPSA) is 114 Å². The number of anilines is 2. The summed E-state index contributed by atoms with van der Waals surface area (Å²) in [6, 6.07) is 0.374. The minimum atomic E-state index is -0.685. The molecule has 1 aromatic heterocycles. The number of nitrogens with zero attached hydrogens (tertiary/aromatic N) is 5. The number of aromatic nitrogens is 2. The molecule has 0 aromatic carbocycles. The van der Waals surface area contributed by atoms with Crippen molar-refractivity contribution in [3.05, 3.63) is 11.1 Å². The van der Waals surface area contributed by atoms with Crippen molar-refractivity contribution in [3.8, 4) is 0 Å². The van der Waals surface area contributed by atoms with Gasteiger partial charge in [-0.1, -0.05) is 25.7 Å². The van der Waals surface area contributed by atoms with Crippen LogP contribution in [0.1, 0.15) is 44.9 Å². The summed E-state index contributed by atoms with van der Waals surface area (Å²) in [4.78, 5) is 36.0. The van der Waals surface area contributed by atoms with Crippen LogP contribution in [0.5, 0.6) is 0 Å². The molecule has 1 aliphatic carbocycles. The summed E-state index contributed by atoms with van der Waals surface area (Å²) in [6.45, 7) is 3.06. The predicted molar refractivity (Wildman–Crippen MR) is 120 cm³/mol. The third-order valence-electron chi connectivity index (χ3n) is 6.99. The molecule has 12 heteroatoms. The van der Waals surface area contributed by atoms with Gasteiger partial charge in [-0.15, -0.1) is 0 Å². The molecule has 0 radical (unpaired) electrons. The Balaban J connectivity index is 1.42. The smallest absolute Gasteiger partial charge is 0.243 e. The van der Waals surface area contributed by atoms with E-state index in [2.05, 4.69) is 25.7 Å². The first-order chi connectivity index (χ1) is 15.9. The molecule has 2 atom stereocenters. The van der Waals surface area contributed by atoms with Crippen molar-refractivity contribution in [1.29, 1.82) is 0 Å². The van der Waals surface area contributed by atoms with E-state index in [1.165, 1.54) is 0 Å². The van der Waals surface area contributed by atoms with Gasteiger partial charge in [-0.2, -0.15) is 14.4 Å². The molecule has 2 amide bonds. The molecule has 3 N–H and O–H groups in total. The molecule has 1 aromatic rings. The van der Waals surface area contributed by atoms with Gasteiger partial charge in [-0.3, -0.25) is 30.5 Å². The highest BCUT2D eigenvalue weighted by molar-refractivity contribution is 6.28. The quantitative estimate of drug-likeness (QED) is 0.212. The minimum Gasteiger partial charge on any atom is -0.351 e. The van der Waals surface area contributed by atoms with Gasteiger partial charge in [0.1, 0.15) is 0 Å². The third-order valence-corrected chi connectivity index (χ3v) is 7.16. The Labute approximate surface area is 197 Å². The summed E-state index contributed by atoms with van der Waals surface area (Å²) in [6.07, 6.45) is 7.25. The average molecular weight is 484 g/mol. The Morgan fingerprint density at radius 1 is 1.24 bits per heavy atom. The second-order valence-electron chi connectivity index (χ2n) is 9.18. The number of hydrogen-bond acceptors (Lipinski definition) is 8. The largest absolute Gasteiger partial charge is 0.351 e. The van der Waals surface area contributed by atoms with E-state index in [1.807, 2.05) is 4.90 Å². The lowest BCUT2D eigenvalue weighted by Gasteiger charge is -2.38. The van der Waals surface area contributed by atoms with Gasteiger partial charge in [0.25, 0.3) is 0 Å². The molecule has 3 aliphatic rings. The maximum Gasteiger partial charge on any atom is 0.243 e. The standard InChI is InChI=1S/C21H31ClFN7O3/c22-21-24-18(17(23)19(25-21)29-9-8-28-7-3-6-16(28)12-29)26-27-20(32)15(11-30(33)13-31)10-14-4-1-2-5-14/h13-16,33H,1-12H2,(H,27,32)(H,24,25,26)/t15-,16+/m1/s1. The van der Waals surface area contributed by atoms with E-state index in [0.717, 1.165) is 51.6 Å². The Hall–Kier alpha value is -2.24. The van der Waals surface area contributed by atoms with Crippen molar-refractivity contribution in [1.82, 2.24) is 25.4 Å². The van der Waals surface area contributed by atoms with E-state index >= 15 is 4.39 Å². The Morgan fingerprint density at radius 2 is 2.03 bits per heavy atom. The van der Waals surface area contributed by atoms with Gasteiger partial charge in [0.15, 0.2) is 11.6 Å². The van der Waals surface area contributed by atoms with Crippen LogP contribution < -0.4 is 15.8 Å². The summed E-state index contributed by atoms with van der Waals surface area (Å²) in [5, 5.41) is 9.96. The molecule has 0 bridgehead atoms. The summed E-state index contributed by atoms with van der Waals surface area (Å²) in [7, 11) is 0. The first kappa shape index (κ1) is 23.9. The van der Waals surface area contributed by atoms with E-state index in [9.17, 15) is 14.8 Å². The number of hydrazine groups is 1. The Bertz CT molecular complexity index is 857. The van der Waals surface area contributed by atoms with Crippen LogP contribution in [0, 0.1) is 17.7 Å². The number of carbonyl (C=O) groups is 2. The highest BCUT2D eigenvalue weighted by Crippen LogP contribution is 2.31. The van der Waals surface area contributed by atoms with Crippen LogP contribution in [0.3, 0.4) is 0 Å². The zero-order valence-electron chi connectivity index (χ0n) is 18.6. The zero-order chi connectivity index (χ0) is 23.4. The maximum atomic E-state index is 15.3. The summed E-state index contributed by atoms with van der Waals surface area (Å²) >= 11 is 6.07. The van der Waals surface area contributed by atoms with Crippen molar-refractivity contribution in [2.75, 3.05) is 43.0 Å². The second-order valence-corrected chi connectivity index (χ2v) is 9.52. The highest BCUT2D eigenvalue weighted by atomic mass is 35.5. The molecule has 3 heterocycles. The molecule has 2 saturated heterocycles. The zero-order valence-corrected chi connectivity index (χ0v) is 19.3. The number of fused-ring (bicyclic) bond motifs is 1. The minimum absolute atomic E-state index is 0.114. The van der Waals surface area contributed by atoms with Crippen molar-refractivity contribution < 1.29 is 19.2 Å². The van der Waals surface area contributed by atoms with Gasteiger partial charge in [0, 0.05) is 25.7 Å². The molecule has 182 valence electrons. The molecule has 0 spiro atoms. The normalized spacial score (nSPS) is 22.2. The monoisotopic (exact) mass is 483 g/mol. The van der Waals surface area contributed by atoms with Crippen molar-refractivity contribution in [2.45, 2.75) is 51.0 Å². The van der Waals surface area contributed by atoms with E-state index in [4.69, 9.17) is 11.6 Å². The number of amides is 2. The first-order valence-corrected chi connectivity index (χ1v) is 12.0. The molecule has 0 unspecified atom stereocenters. The number of halogens is 2. The predicted octanol–water partition coefficient (Wildman–Crippen LogP) is 2.04. The van der Waals surface area contributed by atoms with Gasteiger partial charge in [-0.05, 0) is 43.3 Å². The van der Waals surface area contributed by atoms with Crippen molar-refractivity contribution in [2.24, 2.45) is 11.8 Å². The van der Waals surface area contributed by atoms with Crippen LogP contribution in [0.25, 0.3) is 0 Å². The average Bonchev–Trinajstić information content (AvgIpc) is 3.50. The van der Waals surface area contributed by atoms with Crippen LogP contribution >= 0.6 is 11.6 Å². The molecular weight excluding hydrogens is 453 g/mol. The fourth-order valence-electron chi connectivity index (χ4n) is 5.29. The lowest BCUT2D eigenvalue weighted by molar-refractivity contribution is -0.154. The second kappa shape index (κ2) is 10.8. The molecule has 1 saturated carbocycles. The lowest BCUT2D eigenvalue weighted by atomic mass is 9.92. The fourth-order valence-corrected chi connectivity index (χ4v) is 5.45. The van der Waals surface area contributed by atoms with Crippen LogP contribution in [0.4, 0.5) is 16.0 Å². The van der Waals surface area contributed by atoms with Gasteiger partial charge in [0.2, 0.25) is 23.4 Å². The summed E-state index contributed by atoms with van der Waals surface area (Å²) in [5.41, 5.74) is 5.02.